The molecule has 1 aliphatic rings. The fourth-order valence-electron chi connectivity index (χ4n) is 3.05. The van der Waals surface area contributed by atoms with Gasteiger partial charge in [-0.25, -0.2) is 4.68 Å². The molecule has 1 unspecified atom stereocenters. The molecule has 1 atom stereocenters. The highest BCUT2D eigenvalue weighted by atomic mass is 15.3. The van der Waals surface area contributed by atoms with Gasteiger partial charge in [-0.05, 0) is 56.4 Å². The number of nitrogens with zero attached hydrogens (tertiary/aromatic N) is 2. The quantitative estimate of drug-likeness (QED) is 0.795. The van der Waals surface area contributed by atoms with Gasteiger partial charge in [0.05, 0.1) is 11.9 Å². The largest absolute Gasteiger partial charge is 0.324 e. The molecule has 0 fully saturated rings. The van der Waals surface area contributed by atoms with Crippen molar-refractivity contribution in [3.63, 3.8) is 0 Å². The van der Waals surface area contributed by atoms with Gasteiger partial charge in [0.15, 0.2) is 0 Å². The van der Waals surface area contributed by atoms with Gasteiger partial charge in [-0.2, -0.15) is 5.10 Å². The van der Waals surface area contributed by atoms with Crippen molar-refractivity contribution in [2.75, 3.05) is 0 Å². The molecule has 3 heteroatoms. The van der Waals surface area contributed by atoms with Crippen LogP contribution in [0.25, 0.3) is 5.69 Å². The number of aromatic nitrogens is 2. The Labute approximate surface area is 114 Å². The standard InChI is InChI=1S/C16H21N3/c1-11-7-12(2)9-13(8-11)19-16-6-4-3-5-15(17)14(16)10-18-19/h7-10,15H,3-6,17H2,1-2H3. The Morgan fingerprint density at radius 3 is 2.63 bits per heavy atom. The van der Waals surface area contributed by atoms with Crippen LogP contribution in [0.2, 0.25) is 0 Å². The van der Waals surface area contributed by atoms with Gasteiger partial charge in [-0.3, -0.25) is 0 Å². The molecular weight excluding hydrogens is 234 g/mol. The first-order chi connectivity index (χ1) is 9.15. The molecule has 2 aromatic rings. The van der Waals surface area contributed by atoms with Gasteiger partial charge in [0.25, 0.3) is 0 Å². The molecule has 0 bridgehead atoms. The maximum absolute atomic E-state index is 6.24. The van der Waals surface area contributed by atoms with Crippen LogP contribution in [0.1, 0.15) is 47.7 Å². The smallest absolute Gasteiger partial charge is 0.0654 e. The molecule has 0 aliphatic heterocycles. The van der Waals surface area contributed by atoms with Crippen molar-refractivity contribution in [3.8, 4) is 5.69 Å². The lowest BCUT2D eigenvalue weighted by Crippen LogP contribution is -2.10. The van der Waals surface area contributed by atoms with Gasteiger partial charge in [0.2, 0.25) is 0 Å². The van der Waals surface area contributed by atoms with Gasteiger partial charge in [-0.1, -0.05) is 12.5 Å². The van der Waals surface area contributed by atoms with E-state index in [4.69, 9.17) is 5.73 Å². The molecule has 19 heavy (non-hydrogen) atoms. The summed E-state index contributed by atoms with van der Waals surface area (Å²) < 4.78 is 2.08. The molecule has 1 aromatic carbocycles. The van der Waals surface area contributed by atoms with Crippen LogP contribution in [0.4, 0.5) is 0 Å². The Balaban J connectivity index is 2.11. The zero-order chi connectivity index (χ0) is 13.4. The lowest BCUT2D eigenvalue weighted by Gasteiger charge is -2.11. The third kappa shape index (κ3) is 2.30. The molecule has 0 spiro atoms. The summed E-state index contributed by atoms with van der Waals surface area (Å²) in [5, 5.41) is 4.58. The maximum atomic E-state index is 6.24. The van der Waals surface area contributed by atoms with Gasteiger partial charge in [-0.15, -0.1) is 0 Å². The highest BCUT2D eigenvalue weighted by Crippen LogP contribution is 2.28. The molecular formula is C16H21N3. The number of fused-ring (bicyclic) bond motifs is 1. The number of hydrogen-bond donors (Lipinski definition) is 1. The first-order valence-electron chi connectivity index (χ1n) is 7.06. The third-order valence-electron chi connectivity index (χ3n) is 3.93. The molecule has 1 aliphatic carbocycles. The lowest BCUT2D eigenvalue weighted by molar-refractivity contribution is 0.611. The summed E-state index contributed by atoms with van der Waals surface area (Å²) in [5.41, 5.74) is 12.5. The number of aryl methyl sites for hydroxylation is 2. The molecule has 100 valence electrons. The Kier molecular flexibility index (Phi) is 3.15. The minimum Gasteiger partial charge on any atom is -0.324 e. The second kappa shape index (κ2) is 4.82. The number of hydrogen-bond acceptors (Lipinski definition) is 2. The monoisotopic (exact) mass is 255 g/mol. The average molecular weight is 255 g/mol. The fourth-order valence-corrected chi connectivity index (χ4v) is 3.05. The van der Waals surface area contributed by atoms with E-state index in [2.05, 4.69) is 41.8 Å². The van der Waals surface area contributed by atoms with E-state index in [1.807, 2.05) is 6.20 Å². The Hall–Kier alpha value is -1.61. The van der Waals surface area contributed by atoms with Crippen LogP contribution in [0.15, 0.2) is 24.4 Å². The molecule has 0 saturated heterocycles. The summed E-state index contributed by atoms with van der Waals surface area (Å²) in [4.78, 5) is 0. The SMILES string of the molecule is Cc1cc(C)cc(-n2ncc3c2CCCCC3N)c1. The van der Waals surface area contributed by atoms with Crippen LogP contribution in [-0.4, -0.2) is 9.78 Å². The van der Waals surface area contributed by atoms with Crippen molar-refractivity contribution in [3.05, 3.63) is 46.8 Å². The fraction of sp³-hybridized carbons (Fsp3) is 0.438. The van der Waals surface area contributed by atoms with Gasteiger partial charge < -0.3 is 5.73 Å². The van der Waals surface area contributed by atoms with E-state index in [-0.39, 0.29) is 6.04 Å². The predicted molar refractivity (Wildman–Crippen MR) is 77.5 cm³/mol. The van der Waals surface area contributed by atoms with Crippen LogP contribution in [-0.2, 0) is 6.42 Å². The summed E-state index contributed by atoms with van der Waals surface area (Å²) >= 11 is 0. The maximum Gasteiger partial charge on any atom is 0.0654 e. The Morgan fingerprint density at radius 1 is 1.16 bits per heavy atom. The second-order valence-corrected chi connectivity index (χ2v) is 5.66. The normalized spacial score (nSPS) is 19.0. The molecule has 0 amide bonds. The molecule has 0 saturated carbocycles. The highest BCUT2D eigenvalue weighted by Gasteiger charge is 2.20. The molecule has 3 nitrogen and oxygen atoms in total. The van der Waals surface area contributed by atoms with Crippen molar-refractivity contribution < 1.29 is 0 Å². The van der Waals surface area contributed by atoms with Gasteiger partial charge in [0, 0.05) is 17.3 Å². The number of benzene rings is 1. The minimum atomic E-state index is 0.150. The van der Waals surface area contributed by atoms with Crippen molar-refractivity contribution in [1.29, 1.82) is 0 Å². The highest BCUT2D eigenvalue weighted by molar-refractivity contribution is 5.41. The first kappa shape index (κ1) is 12.4. The number of rotatable bonds is 1. The topological polar surface area (TPSA) is 43.8 Å². The van der Waals surface area contributed by atoms with Crippen molar-refractivity contribution in [2.45, 2.75) is 45.6 Å². The zero-order valence-corrected chi connectivity index (χ0v) is 11.7. The number of nitrogens with two attached hydrogens (primary N) is 1. The van der Waals surface area contributed by atoms with E-state index in [0.29, 0.717) is 0 Å². The molecule has 2 N–H and O–H groups in total. The van der Waals surface area contributed by atoms with Crippen LogP contribution in [0.3, 0.4) is 0 Å². The zero-order valence-electron chi connectivity index (χ0n) is 11.7. The van der Waals surface area contributed by atoms with Crippen LogP contribution < -0.4 is 5.73 Å². The van der Waals surface area contributed by atoms with Crippen LogP contribution in [0, 0.1) is 13.8 Å². The molecule has 1 heterocycles. The molecule has 3 rings (SSSR count). The molecule has 1 aromatic heterocycles. The summed E-state index contributed by atoms with van der Waals surface area (Å²) in [6.45, 7) is 4.26. The molecule has 0 radical (unpaired) electrons. The van der Waals surface area contributed by atoms with Crippen molar-refractivity contribution >= 4 is 0 Å². The van der Waals surface area contributed by atoms with E-state index >= 15 is 0 Å². The van der Waals surface area contributed by atoms with E-state index < -0.39 is 0 Å². The minimum absolute atomic E-state index is 0.150. The van der Waals surface area contributed by atoms with E-state index in [0.717, 1.165) is 18.5 Å². The summed E-state index contributed by atoms with van der Waals surface area (Å²) in [7, 11) is 0. The second-order valence-electron chi connectivity index (χ2n) is 5.66. The van der Waals surface area contributed by atoms with Crippen LogP contribution in [0.5, 0.6) is 0 Å². The van der Waals surface area contributed by atoms with Gasteiger partial charge >= 0.3 is 0 Å². The van der Waals surface area contributed by atoms with Gasteiger partial charge in [0.1, 0.15) is 0 Å². The third-order valence-corrected chi connectivity index (χ3v) is 3.93. The van der Waals surface area contributed by atoms with E-state index in [9.17, 15) is 0 Å². The van der Waals surface area contributed by atoms with Crippen molar-refractivity contribution in [2.24, 2.45) is 5.73 Å². The average Bonchev–Trinajstić information content (AvgIpc) is 2.69. The summed E-state index contributed by atoms with van der Waals surface area (Å²) in [6.07, 6.45) is 6.53. The lowest BCUT2D eigenvalue weighted by atomic mass is 10.1. The van der Waals surface area contributed by atoms with Crippen molar-refractivity contribution in [1.82, 2.24) is 9.78 Å². The summed E-state index contributed by atoms with van der Waals surface area (Å²) in [6, 6.07) is 6.72. The van der Waals surface area contributed by atoms with E-state index in [1.165, 1.54) is 35.2 Å². The van der Waals surface area contributed by atoms with E-state index in [1.54, 1.807) is 0 Å². The first-order valence-corrected chi connectivity index (χ1v) is 7.06. The summed E-state index contributed by atoms with van der Waals surface area (Å²) in [5.74, 6) is 0. The Bertz CT molecular complexity index is 578. The predicted octanol–water partition coefficient (Wildman–Crippen LogP) is 3.22. The Morgan fingerprint density at radius 2 is 1.89 bits per heavy atom. The van der Waals surface area contributed by atoms with Crippen LogP contribution >= 0.6 is 0 Å².